The van der Waals surface area contributed by atoms with Crippen molar-refractivity contribution in [3.8, 4) is 11.3 Å². The molecule has 1 unspecified atom stereocenters. The zero-order chi connectivity index (χ0) is 13.4. The van der Waals surface area contributed by atoms with Crippen molar-refractivity contribution in [3.63, 3.8) is 0 Å². The van der Waals surface area contributed by atoms with Crippen molar-refractivity contribution in [3.05, 3.63) is 52.0 Å². The second-order valence-electron chi connectivity index (χ2n) is 5.62. The Kier molecular flexibility index (Phi) is 2.98. The van der Waals surface area contributed by atoms with E-state index in [4.69, 9.17) is 0 Å². The minimum atomic E-state index is 0.598. The summed E-state index contributed by atoms with van der Waals surface area (Å²) in [6.45, 7) is 6.55. The lowest BCUT2D eigenvalue weighted by Gasteiger charge is -2.11. The third-order valence-corrected chi connectivity index (χ3v) is 3.68. The molecule has 2 aromatic rings. The van der Waals surface area contributed by atoms with Crippen LogP contribution in [0.1, 0.15) is 24.5 Å². The first-order valence-corrected chi connectivity index (χ1v) is 6.89. The smallest absolute Gasteiger partial charge is 0.0777 e. The average Bonchev–Trinajstić information content (AvgIpc) is 2.36. The molecule has 1 aromatic carbocycles. The fraction of sp³-hybridized carbons (Fsp3) is 0.278. The van der Waals surface area contributed by atoms with E-state index in [0.717, 1.165) is 12.1 Å². The molecule has 1 heterocycles. The first-order valence-electron chi connectivity index (χ1n) is 6.89. The Hall–Kier alpha value is -1.89. The summed E-state index contributed by atoms with van der Waals surface area (Å²) in [5, 5.41) is 2.62. The van der Waals surface area contributed by atoms with Crippen molar-refractivity contribution >= 4 is 12.2 Å². The SMILES string of the molecule is Cc1cc(C)cc(-c2nccc3c2=CC(C)CC=3)c1. The van der Waals surface area contributed by atoms with Crippen LogP contribution in [-0.4, -0.2) is 4.98 Å². The standard InChI is InChI=1S/C18H19N/c1-12-4-5-15-6-7-19-18(17(15)11-12)16-9-13(2)8-14(3)10-16/h5-12H,4H2,1-3H3. The normalized spacial score (nSPS) is 17.3. The van der Waals surface area contributed by atoms with E-state index < -0.39 is 0 Å². The molecular formula is C18H19N. The van der Waals surface area contributed by atoms with Gasteiger partial charge in [-0.1, -0.05) is 36.3 Å². The largest absolute Gasteiger partial charge is 0.256 e. The topological polar surface area (TPSA) is 12.9 Å². The van der Waals surface area contributed by atoms with Gasteiger partial charge in [-0.3, -0.25) is 4.98 Å². The molecule has 1 aromatic heterocycles. The average molecular weight is 249 g/mol. The Labute approximate surface area is 114 Å². The van der Waals surface area contributed by atoms with Crippen molar-refractivity contribution in [2.24, 2.45) is 5.92 Å². The summed E-state index contributed by atoms with van der Waals surface area (Å²) >= 11 is 0. The summed E-state index contributed by atoms with van der Waals surface area (Å²) in [4.78, 5) is 4.63. The van der Waals surface area contributed by atoms with E-state index in [1.54, 1.807) is 0 Å². The van der Waals surface area contributed by atoms with Gasteiger partial charge in [0.25, 0.3) is 0 Å². The molecule has 0 bridgehead atoms. The second kappa shape index (κ2) is 4.65. The predicted molar refractivity (Wildman–Crippen MR) is 81.1 cm³/mol. The molecule has 0 amide bonds. The molecule has 1 aliphatic carbocycles. The highest BCUT2D eigenvalue weighted by atomic mass is 14.7. The Morgan fingerprint density at radius 3 is 2.58 bits per heavy atom. The van der Waals surface area contributed by atoms with Crippen LogP contribution < -0.4 is 10.4 Å². The van der Waals surface area contributed by atoms with Gasteiger partial charge >= 0.3 is 0 Å². The zero-order valence-electron chi connectivity index (χ0n) is 11.8. The quantitative estimate of drug-likeness (QED) is 0.757. The number of rotatable bonds is 1. The molecule has 3 rings (SSSR count). The molecule has 1 aliphatic rings. The van der Waals surface area contributed by atoms with Crippen LogP contribution in [-0.2, 0) is 0 Å². The number of aryl methyl sites for hydroxylation is 2. The number of nitrogens with zero attached hydrogens (tertiary/aromatic N) is 1. The predicted octanol–water partition coefficient (Wildman–Crippen LogP) is 2.97. The molecule has 0 radical (unpaired) electrons. The first kappa shape index (κ1) is 12.2. The zero-order valence-corrected chi connectivity index (χ0v) is 11.8. The summed E-state index contributed by atoms with van der Waals surface area (Å²) in [6.07, 6.45) is 7.73. The molecule has 1 heteroatoms. The van der Waals surface area contributed by atoms with E-state index in [9.17, 15) is 0 Å². The van der Waals surface area contributed by atoms with Gasteiger partial charge in [-0.2, -0.15) is 0 Å². The lowest BCUT2D eigenvalue weighted by atomic mass is 9.96. The molecule has 1 nitrogen and oxygen atoms in total. The first-order chi connectivity index (χ1) is 9.13. The van der Waals surface area contributed by atoms with Crippen molar-refractivity contribution in [1.82, 2.24) is 4.98 Å². The Balaban J connectivity index is 2.30. The second-order valence-corrected chi connectivity index (χ2v) is 5.62. The molecule has 0 fully saturated rings. The van der Waals surface area contributed by atoms with Crippen LogP contribution in [0.2, 0.25) is 0 Å². The molecule has 0 N–H and O–H groups in total. The highest BCUT2D eigenvalue weighted by molar-refractivity contribution is 5.64. The lowest BCUT2D eigenvalue weighted by molar-refractivity contribution is 0.799. The van der Waals surface area contributed by atoms with Gasteiger partial charge in [0.05, 0.1) is 5.69 Å². The van der Waals surface area contributed by atoms with Crippen LogP contribution in [0.25, 0.3) is 23.4 Å². The summed E-state index contributed by atoms with van der Waals surface area (Å²) in [5.41, 5.74) is 4.93. The van der Waals surface area contributed by atoms with E-state index >= 15 is 0 Å². The number of hydrogen-bond acceptors (Lipinski definition) is 1. The van der Waals surface area contributed by atoms with Crippen LogP contribution in [0, 0.1) is 19.8 Å². The summed E-state index contributed by atoms with van der Waals surface area (Å²) in [5.74, 6) is 0.598. The lowest BCUT2D eigenvalue weighted by Crippen LogP contribution is -2.31. The molecule has 19 heavy (non-hydrogen) atoms. The molecule has 0 aliphatic heterocycles. The number of pyridine rings is 1. The fourth-order valence-corrected chi connectivity index (χ4v) is 2.85. The fourth-order valence-electron chi connectivity index (χ4n) is 2.85. The van der Waals surface area contributed by atoms with Crippen LogP contribution in [0.3, 0.4) is 0 Å². The maximum atomic E-state index is 4.63. The summed E-state index contributed by atoms with van der Waals surface area (Å²) in [7, 11) is 0. The molecule has 0 saturated heterocycles. The molecule has 96 valence electrons. The van der Waals surface area contributed by atoms with Crippen LogP contribution in [0.4, 0.5) is 0 Å². The molecular weight excluding hydrogens is 230 g/mol. The van der Waals surface area contributed by atoms with Gasteiger partial charge in [0, 0.05) is 17.0 Å². The van der Waals surface area contributed by atoms with Gasteiger partial charge in [0.1, 0.15) is 0 Å². The third-order valence-electron chi connectivity index (χ3n) is 3.68. The van der Waals surface area contributed by atoms with Crippen molar-refractivity contribution < 1.29 is 0 Å². The molecule has 0 spiro atoms. The Morgan fingerprint density at radius 1 is 1.11 bits per heavy atom. The summed E-state index contributed by atoms with van der Waals surface area (Å²) < 4.78 is 0. The number of fused-ring (bicyclic) bond motifs is 1. The summed E-state index contributed by atoms with van der Waals surface area (Å²) in [6, 6.07) is 8.77. The highest BCUT2D eigenvalue weighted by Gasteiger charge is 2.08. The van der Waals surface area contributed by atoms with Crippen LogP contribution >= 0.6 is 0 Å². The minimum Gasteiger partial charge on any atom is -0.256 e. The van der Waals surface area contributed by atoms with Gasteiger partial charge in [-0.15, -0.1) is 0 Å². The van der Waals surface area contributed by atoms with Gasteiger partial charge in [-0.25, -0.2) is 0 Å². The van der Waals surface area contributed by atoms with Crippen molar-refractivity contribution in [2.75, 3.05) is 0 Å². The molecule has 0 saturated carbocycles. The maximum Gasteiger partial charge on any atom is 0.0777 e. The van der Waals surface area contributed by atoms with Gasteiger partial charge in [-0.05, 0) is 49.6 Å². The van der Waals surface area contributed by atoms with E-state index in [0.29, 0.717) is 5.92 Å². The number of benzene rings is 1. The van der Waals surface area contributed by atoms with Crippen molar-refractivity contribution in [1.29, 1.82) is 0 Å². The monoisotopic (exact) mass is 249 g/mol. The highest BCUT2D eigenvalue weighted by Crippen LogP contribution is 2.18. The van der Waals surface area contributed by atoms with E-state index in [2.05, 4.69) is 62.2 Å². The maximum absolute atomic E-state index is 4.63. The van der Waals surface area contributed by atoms with Gasteiger partial charge < -0.3 is 0 Å². The number of hydrogen-bond donors (Lipinski definition) is 0. The van der Waals surface area contributed by atoms with Gasteiger partial charge in [0.2, 0.25) is 0 Å². The van der Waals surface area contributed by atoms with Crippen LogP contribution in [0.15, 0.2) is 30.5 Å². The van der Waals surface area contributed by atoms with E-state index in [1.165, 1.54) is 27.1 Å². The van der Waals surface area contributed by atoms with Crippen LogP contribution in [0.5, 0.6) is 0 Å². The van der Waals surface area contributed by atoms with E-state index in [1.807, 2.05) is 6.20 Å². The van der Waals surface area contributed by atoms with Crippen molar-refractivity contribution in [2.45, 2.75) is 27.2 Å². The minimum absolute atomic E-state index is 0.598. The van der Waals surface area contributed by atoms with E-state index in [-0.39, 0.29) is 0 Å². The molecule has 1 atom stereocenters. The van der Waals surface area contributed by atoms with Gasteiger partial charge in [0.15, 0.2) is 0 Å². The Morgan fingerprint density at radius 2 is 1.84 bits per heavy atom. The number of aromatic nitrogens is 1. The third kappa shape index (κ3) is 2.33. The Bertz CT molecular complexity index is 721.